The smallest absolute Gasteiger partial charge is 0.279 e. The number of hydrogen-bond donors (Lipinski definition) is 1. The van der Waals surface area contributed by atoms with Gasteiger partial charge in [-0.3, -0.25) is 4.72 Å². The van der Waals surface area contributed by atoms with Crippen molar-refractivity contribution in [3.05, 3.63) is 81.5 Å². The molecular formula is C21H20ClN3O4S3. The van der Waals surface area contributed by atoms with Crippen LogP contribution >= 0.6 is 22.9 Å². The van der Waals surface area contributed by atoms with E-state index in [1.54, 1.807) is 31.2 Å². The summed E-state index contributed by atoms with van der Waals surface area (Å²) < 4.78 is 54.4. The number of nitrogens with zero attached hydrogens (tertiary/aromatic N) is 2. The summed E-state index contributed by atoms with van der Waals surface area (Å²) in [6.45, 7) is 1.55. The number of sulfonamides is 2. The summed E-state index contributed by atoms with van der Waals surface area (Å²) in [5.74, 6) is -0.0499. The minimum Gasteiger partial charge on any atom is -0.284 e. The second-order valence-corrected chi connectivity index (χ2v) is 12.3. The Morgan fingerprint density at radius 3 is 2.50 bits per heavy atom. The van der Waals surface area contributed by atoms with Gasteiger partial charge < -0.3 is 0 Å². The molecule has 0 bridgehead atoms. The standard InChI is InChI=1S/C21H20ClN3O4S3/c1-2-31(26,27)24-17-6-3-5-15(13-17)19-14-20(21-7-4-12-30-21)25(23-19)32(28,29)18-10-8-16(22)9-11-18/h3-13,20,24H,2,14H2,1H3/t20-/m0/s1. The predicted molar refractivity (Wildman–Crippen MR) is 128 cm³/mol. The normalized spacial score (nSPS) is 16.8. The lowest BCUT2D eigenvalue weighted by Crippen LogP contribution is -2.26. The van der Waals surface area contributed by atoms with E-state index in [1.165, 1.54) is 35.6 Å². The molecule has 0 radical (unpaired) electrons. The monoisotopic (exact) mass is 509 g/mol. The largest absolute Gasteiger partial charge is 0.284 e. The third-order valence-electron chi connectivity index (χ3n) is 4.95. The minimum absolute atomic E-state index is 0.0499. The molecule has 7 nitrogen and oxygen atoms in total. The maximum atomic E-state index is 13.4. The van der Waals surface area contributed by atoms with E-state index >= 15 is 0 Å². The van der Waals surface area contributed by atoms with E-state index in [-0.39, 0.29) is 10.6 Å². The summed E-state index contributed by atoms with van der Waals surface area (Å²) in [4.78, 5) is 0.960. The van der Waals surface area contributed by atoms with Crippen LogP contribution in [-0.2, 0) is 20.0 Å². The van der Waals surface area contributed by atoms with E-state index in [0.717, 1.165) is 9.29 Å². The van der Waals surface area contributed by atoms with Gasteiger partial charge in [0.25, 0.3) is 10.0 Å². The molecule has 0 fully saturated rings. The van der Waals surface area contributed by atoms with Crippen molar-refractivity contribution in [3.63, 3.8) is 0 Å². The van der Waals surface area contributed by atoms with Gasteiger partial charge in [-0.05, 0) is 60.3 Å². The average molecular weight is 510 g/mol. The molecule has 168 valence electrons. The zero-order valence-electron chi connectivity index (χ0n) is 17.0. The van der Waals surface area contributed by atoms with Gasteiger partial charge in [-0.15, -0.1) is 11.3 Å². The van der Waals surface area contributed by atoms with Gasteiger partial charge in [0.15, 0.2) is 0 Å². The summed E-state index contributed by atoms with van der Waals surface area (Å²) in [5.41, 5.74) is 1.61. The molecular weight excluding hydrogens is 490 g/mol. The lowest BCUT2D eigenvalue weighted by atomic mass is 10.0. The van der Waals surface area contributed by atoms with E-state index in [4.69, 9.17) is 11.6 Å². The van der Waals surface area contributed by atoms with Crippen LogP contribution in [0.1, 0.15) is 29.8 Å². The molecule has 2 heterocycles. The fourth-order valence-electron chi connectivity index (χ4n) is 3.31. The first-order valence-electron chi connectivity index (χ1n) is 9.71. The Morgan fingerprint density at radius 1 is 1.09 bits per heavy atom. The van der Waals surface area contributed by atoms with E-state index in [0.29, 0.717) is 28.4 Å². The molecule has 0 spiro atoms. The number of hydrazone groups is 1. The molecule has 3 aromatic rings. The van der Waals surface area contributed by atoms with Gasteiger partial charge in [-0.25, -0.2) is 8.42 Å². The number of nitrogens with one attached hydrogen (secondary N) is 1. The van der Waals surface area contributed by atoms with Crippen molar-refractivity contribution in [1.29, 1.82) is 0 Å². The second-order valence-electron chi connectivity index (χ2n) is 7.10. The Balaban J connectivity index is 1.74. The van der Waals surface area contributed by atoms with E-state index in [1.807, 2.05) is 17.5 Å². The molecule has 0 unspecified atom stereocenters. The van der Waals surface area contributed by atoms with Crippen molar-refractivity contribution in [2.45, 2.75) is 24.3 Å². The molecule has 2 aromatic carbocycles. The van der Waals surface area contributed by atoms with Crippen LogP contribution in [0, 0.1) is 0 Å². The van der Waals surface area contributed by atoms with Crippen LogP contribution in [0.25, 0.3) is 0 Å². The molecule has 1 aromatic heterocycles. The molecule has 0 aliphatic carbocycles. The van der Waals surface area contributed by atoms with E-state index < -0.39 is 26.1 Å². The highest BCUT2D eigenvalue weighted by molar-refractivity contribution is 7.92. The predicted octanol–water partition coefficient (Wildman–Crippen LogP) is 4.70. The van der Waals surface area contributed by atoms with Crippen LogP contribution in [0.5, 0.6) is 0 Å². The van der Waals surface area contributed by atoms with Gasteiger partial charge in [-0.2, -0.15) is 17.9 Å². The van der Waals surface area contributed by atoms with Crippen molar-refractivity contribution in [2.75, 3.05) is 10.5 Å². The third kappa shape index (κ3) is 4.68. The number of thiophene rings is 1. The van der Waals surface area contributed by atoms with Crippen molar-refractivity contribution >= 4 is 54.4 Å². The van der Waals surface area contributed by atoms with E-state index in [9.17, 15) is 16.8 Å². The average Bonchev–Trinajstić information content (AvgIpc) is 3.44. The summed E-state index contributed by atoms with van der Waals surface area (Å²) in [6, 6.07) is 16.0. The van der Waals surface area contributed by atoms with Crippen molar-refractivity contribution in [2.24, 2.45) is 5.10 Å². The highest BCUT2D eigenvalue weighted by atomic mass is 35.5. The maximum absolute atomic E-state index is 13.4. The van der Waals surface area contributed by atoms with Gasteiger partial charge in [0.05, 0.1) is 16.4 Å². The quantitative estimate of drug-likeness (QED) is 0.499. The number of halogens is 1. The first-order valence-corrected chi connectivity index (χ1v) is 14.1. The van der Waals surface area contributed by atoms with Gasteiger partial charge >= 0.3 is 0 Å². The first-order chi connectivity index (χ1) is 15.2. The lowest BCUT2D eigenvalue weighted by Gasteiger charge is -2.22. The van der Waals surface area contributed by atoms with Gasteiger partial charge in [-0.1, -0.05) is 29.8 Å². The summed E-state index contributed by atoms with van der Waals surface area (Å²) in [5, 5.41) is 6.81. The number of rotatable bonds is 7. The Bertz CT molecular complexity index is 1350. The highest BCUT2D eigenvalue weighted by Crippen LogP contribution is 2.39. The summed E-state index contributed by atoms with van der Waals surface area (Å²) in [6.07, 6.45) is 0.358. The maximum Gasteiger partial charge on any atom is 0.279 e. The Kier molecular flexibility index (Phi) is 6.30. The molecule has 0 saturated carbocycles. The zero-order chi connectivity index (χ0) is 22.9. The van der Waals surface area contributed by atoms with Crippen LogP contribution in [0.15, 0.2) is 76.0 Å². The second kappa shape index (κ2) is 8.86. The van der Waals surface area contributed by atoms with Crippen molar-refractivity contribution < 1.29 is 16.8 Å². The van der Waals surface area contributed by atoms with Crippen LogP contribution in [0.4, 0.5) is 5.69 Å². The van der Waals surface area contributed by atoms with Gasteiger partial charge in [0.2, 0.25) is 10.0 Å². The number of hydrogen-bond acceptors (Lipinski definition) is 6. The Morgan fingerprint density at radius 2 is 1.84 bits per heavy atom. The highest BCUT2D eigenvalue weighted by Gasteiger charge is 2.38. The van der Waals surface area contributed by atoms with Gasteiger partial charge in [0.1, 0.15) is 6.04 Å². The molecule has 11 heteroatoms. The number of benzene rings is 2. The number of anilines is 1. The lowest BCUT2D eigenvalue weighted by molar-refractivity contribution is 0.375. The van der Waals surface area contributed by atoms with Crippen molar-refractivity contribution in [3.8, 4) is 0 Å². The molecule has 1 aliphatic rings. The van der Waals surface area contributed by atoms with Crippen molar-refractivity contribution in [1.82, 2.24) is 4.41 Å². The van der Waals surface area contributed by atoms with Crippen LogP contribution < -0.4 is 4.72 Å². The summed E-state index contributed by atoms with van der Waals surface area (Å²) in [7, 11) is -7.37. The first kappa shape index (κ1) is 22.8. The molecule has 1 atom stereocenters. The van der Waals surface area contributed by atoms with E-state index in [2.05, 4.69) is 9.82 Å². The Hall–Kier alpha value is -2.40. The van der Waals surface area contributed by atoms with Crippen LogP contribution in [-0.4, -0.2) is 32.7 Å². The zero-order valence-corrected chi connectivity index (χ0v) is 20.2. The topological polar surface area (TPSA) is 95.9 Å². The van der Waals surface area contributed by atoms with Crippen LogP contribution in [0.3, 0.4) is 0 Å². The fraction of sp³-hybridized carbons (Fsp3) is 0.190. The molecule has 32 heavy (non-hydrogen) atoms. The SMILES string of the molecule is CCS(=O)(=O)Nc1cccc(C2=NN(S(=O)(=O)c3ccc(Cl)cc3)[C@H](c3cccs3)C2)c1. The Labute approximate surface area is 196 Å². The third-order valence-corrected chi connectivity index (χ3v) is 9.18. The molecule has 0 saturated heterocycles. The van der Waals surface area contributed by atoms with Crippen LogP contribution in [0.2, 0.25) is 5.02 Å². The van der Waals surface area contributed by atoms with Gasteiger partial charge in [0, 0.05) is 22.0 Å². The fourth-order valence-corrected chi connectivity index (χ4v) is 6.37. The minimum atomic E-state index is -3.93. The molecule has 1 aliphatic heterocycles. The molecule has 0 amide bonds. The summed E-state index contributed by atoms with van der Waals surface area (Å²) >= 11 is 7.38. The molecule has 1 N–H and O–H groups in total. The molecule has 4 rings (SSSR count).